The Morgan fingerprint density at radius 3 is 2.16 bits per heavy atom. The van der Waals surface area contributed by atoms with Gasteiger partial charge in [-0.1, -0.05) is 6.07 Å². The summed E-state index contributed by atoms with van der Waals surface area (Å²) in [7, 11) is 0. The van der Waals surface area contributed by atoms with Gasteiger partial charge in [0.05, 0.1) is 8.95 Å². The zero-order valence-corrected chi connectivity index (χ0v) is 13.3. The second-order valence-electron chi connectivity index (χ2n) is 4.05. The zero-order chi connectivity index (χ0) is 14.0. The van der Waals surface area contributed by atoms with E-state index in [4.69, 9.17) is 10.5 Å². The number of halogens is 2. The Hall–Kier alpha value is -1.33. The van der Waals surface area contributed by atoms with E-state index in [1.165, 1.54) is 0 Å². The van der Waals surface area contributed by atoms with Gasteiger partial charge in [0, 0.05) is 5.56 Å². The number of nitrogens with two attached hydrogens (primary N) is 1. The molecule has 2 N–H and O–H groups in total. The van der Waals surface area contributed by atoms with Crippen molar-refractivity contribution in [2.45, 2.75) is 6.92 Å². The topological polar surface area (TPSA) is 52.3 Å². The van der Waals surface area contributed by atoms with Gasteiger partial charge in [0.25, 0.3) is 0 Å². The first-order valence-electron chi connectivity index (χ1n) is 5.51. The van der Waals surface area contributed by atoms with Gasteiger partial charge in [-0.3, -0.25) is 4.79 Å². The number of primary amides is 1. The summed E-state index contributed by atoms with van der Waals surface area (Å²) in [5.41, 5.74) is 6.79. The van der Waals surface area contributed by atoms with Crippen molar-refractivity contribution >= 4 is 37.8 Å². The molecule has 0 bridgehead atoms. The van der Waals surface area contributed by atoms with E-state index in [-0.39, 0.29) is 0 Å². The van der Waals surface area contributed by atoms with E-state index in [1.54, 1.807) is 18.2 Å². The lowest BCUT2D eigenvalue weighted by molar-refractivity contribution is 0.1000. The monoisotopic (exact) mass is 383 g/mol. The lowest BCUT2D eigenvalue weighted by atomic mass is 10.2. The molecule has 0 unspecified atom stereocenters. The molecule has 5 heteroatoms. The summed E-state index contributed by atoms with van der Waals surface area (Å²) < 4.78 is 7.33. The van der Waals surface area contributed by atoms with Crippen LogP contribution in [0, 0.1) is 6.92 Å². The fourth-order valence-corrected chi connectivity index (χ4v) is 2.58. The first-order chi connectivity index (χ1) is 8.97. The molecule has 0 saturated carbocycles. The normalized spacial score (nSPS) is 10.3. The van der Waals surface area contributed by atoms with E-state index in [0.29, 0.717) is 21.5 Å². The standard InChI is InChI=1S/C14H11Br2NO2/c1-8-2-4-12(10(15)6-8)19-13-5-3-9(14(17)18)7-11(13)16/h2-7H,1H3,(H2,17,18). The van der Waals surface area contributed by atoms with Crippen LogP contribution in [0.25, 0.3) is 0 Å². The SMILES string of the molecule is Cc1ccc(Oc2ccc(C(N)=O)cc2Br)c(Br)c1. The maximum Gasteiger partial charge on any atom is 0.248 e. The lowest BCUT2D eigenvalue weighted by Crippen LogP contribution is -2.10. The molecule has 0 aromatic heterocycles. The molecule has 19 heavy (non-hydrogen) atoms. The summed E-state index contributed by atoms with van der Waals surface area (Å²) in [6.07, 6.45) is 0. The molecule has 0 aliphatic heterocycles. The van der Waals surface area contributed by atoms with Crippen molar-refractivity contribution in [3.8, 4) is 11.5 Å². The van der Waals surface area contributed by atoms with Crippen LogP contribution < -0.4 is 10.5 Å². The van der Waals surface area contributed by atoms with Crippen molar-refractivity contribution in [1.82, 2.24) is 0 Å². The molecule has 0 fully saturated rings. The highest BCUT2D eigenvalue weighted by atomic mass is 79.9. The molecule has 2 rings (SSSR count). The van der Waals surface area contributed by atoms with Crippen LogP contribution in [0.1, 0.15) is 15.9 Å². The van der Waals surface area contributed by atoms with Crippen LogP contribution in [0.4, 0.5) is 0 Å². The fraction of sp³-hybridized carbons (Fsp3) is 0.0714. The number of hydrogen-bond acceptors (Lipinski definition) is 2. The van der Waals surface area contributed by atoms with Crippen LogP contribution >= 0.6 is 31.9 Å². The maximum atomic E-state index is 11.1. The van der Waals surface area contributed by atoms with Gasteiger partial charge in [0.1, 0.15) is 11.5 Å². The van der Waals surface area contributed by atoms with E-state index in [1.807, 2.05) is 25.1 Å². The van der Waals surface area contributed by atoms with Gasteiger partial charge in [0.15, 0.2) is 0 Å². The van der Waals surface area contributed by atoms with E-state index >= 15 is 0 Å². The number of hydrogen-bond donors (Lipinski definition) is 1. The van der Waals surface area contributed by atoms with E-state index < -0.39 is 5.91 Å². The van der Waals surface area contributed by atoms with E-state index in [2.05, 4.69) is 31.9 Å². The van der Waals surface area contributed by atoms with E-state index in [0.717, 1.165) is 10.0 Å². The third-order valence-corrected chi connectivity index (χ3v) is 3.76. The second kappa shape index (κ2) is 5.75. The van der Waals surface area contributed by atoms with Gasteiger partial charge in [-0.05, 0) is 74.7 Å². The molecule has 3 nitrogen and oxygen atoms in total. The van der Waals surface area contributed by atoms with Crippen molar-refractivity contribution in [2.24, 2.45) is 5.73 Å². The molecule has 0 atom stereocenters. The summed E-state index contributed by atoms with van der Waals surface area (Å²) in [5, 5.41) is 0. The minimum absolute atomic E-state index is 0.433. The molecule has 2 aromatic rings. The van der Waals surface area contributed by atoms with Crippen LogP contribution in [-0.2, 0) is 0 Å². The van der Waals surface area contributed by atoms with Crippen LogP contribution in [0.5, 0.6) is 11.5 Å². The number of ether oxygens (including phenoxy) is 1. The Labute approximate surface area is 128 Å². The molecule has 0 radical (unpaired) electrons. The van der Waals surface area contributed by atoms with Crippen molar-refractivity contribution in [3.63, 3.8) is 0 Å². The van der Waals surface area contributed by atoms with Crippen molar-refractivity contribution in [2.75, 3.05) is 0 Å². The Morgan fingerprint density at radius 2 is 1.63 bits per heavy atom. The van der Waals surface area contributed by atoms with Gasteiger partial charge in [-0.15, -0.1) is 0 Å². The molecular weight excluding hydrogens is 374 g/mol. The van der Waals surface area contributed by atoms with Crippen LogP contribution in [0.15, 0.2) is 45.3 Å². The summed E-state index contributed by atoms with van der Waals surface area (Å²) in [5.74, 6) is 0.858. The smallest absolute Gasteiger partial charge is 0.248 e. The Balaban J connectivity index is 2.31. The third-order valence-electron chi connectivity index (χ3n) is 2.52. The average molecular weight is 385 g/mol. The number of rotatable bonds is 3. The first kappa shape index (κ1) is 14.1. The molecule has 0 aliphatic rings. The maximum absolute atomic E-state index is 11.1. The highest BCUT2D eigenvalue weighted by molar-refractivity contribution is 9.11. The number of benzene rings is 2. The molecule has 0 aliphatic carbocycles. The lowest BCUT2D eigenvalue weighted by Gasteiger charge is -2.10. The Kier molecular flexibility index (Phi) is 4.27. The quantitative estimate of drug-likeness (QED) is 0.851. The van der Waals surface area contributed by atoms with Gasteiger partial charge in [0.2, 0.25) is 5.91 Å². The molecular formula is C14H11Br2NO2. The molecule has 0 spiro atoms. The van der Waals surface area contributed by atoms with Crippen LogP contribution in [0.2, 0.25) is 0 Å². The molecule has 0 saturated heterocycles. The molecule has 0 heterocycles. The third kappa shape index (κ3) is 3.36. The average Bonchev–Trinajstić information content (AvgIpc) is 2.34. The summed E-state index contributed by atoms with van der Waals surface area (Å²) in [6, 6.07) is 10.8. The van der Waals surface area contributed by atoms with Crippen LogP contribution in [0.3, 0.4) is 0 Å². The molecule has 1 amide bonds. The minimum Gasteiger partial charge on any atom is -0.455 e. The van der Waals surface area contributed by atoms with Crippen molar-refractivity contribution in [3.05, 3.63) is 56.5 Å². The number of carbonyl (C=O) groups excluding carboxylic acids is 1. The minimum atomic E-state index is -0.469. The van der Waals surface area contributed by atoms with Gasteiger partial charge in [-0.25, -0.2) is 0 Å². The number of aryl methyl sites for hydroxylation is 1. The van der Waals surface area contributed by atoms with Crippen molar-refractivity contribution < 1.29 is 9.53 Å². The highest BCUT2D eigenvalue weighted by Gasteiger charge is 2.09. The van der Waals surface area contributed by atoms with Crippen molar-refractivity contribution in [1.29, 1.82) is 0 Å². The van der Waals surface area contributed by atoms with Gasteiger partial charge >= 0.3 is 0 Å². The van der Waals surface area contributed by atoms with Crippen LogP contribution in [-0.4, -0.2) is 5.91 Å². The molecule has 98 valence electrons. The highest BCUT2D eigenvalue weighted by Crippen LogP contribution is 2.34. The summed E-state index contributed by atoms with van der Waals surface area (Å²) >= 11 is 6.82. The summed E-state index contributed by atoms with van der Waals surface area (Å²) in [6.45, 7) is 2.01. The van der Waals surface area contributed by atoms with Gasteiger partial charge < -0.3 is 10.5 Å². The fourth-order valence-electron chi connectivity index (χ4n) is 1.54. The van der Waals surface area contributed by atoms with Gasteiger partial charge in [-0.2, -0.15) is 0 Å². The number of carbonyl (C=O) groups is 1. The Morgan fingerprint density at radius 1 is 1.05 bits per heavy atom. The Bertz CT molecular complexity index is 641. The zero-order valence-electron chi connectivity index (χ0n) is 10.1. The largest absolute Gasteiger partial charge is 0.455 e. The first-order valence-corrected chi connectivity index (χ1v) is 7.09. The predicted octanol–water partition coefficient (Wildman–Crippen LogP) is 4.41. The number of amides is 1. The molecule has 2 aromatic carbocycles. The predicted molar refractivity (Wildman–Crippen MR) is 81.6 cm³/mol. The van der Waals surface area contributed by atoms with E-state index in [9.17, 15) is 4.79 Å². The summed E-state index contributed by atoms with van der Waals surface area (Å²) in [4.78, 5) is 11.1. The second-order valence-corrected chi connectivity index (χ2v) is 5.75.